The van der Waals surface area contributed by atoms with Crippen LogP contribution < -0.4 is 14.4 Å². The molecule has 2 aliphatic heterocycles. The molecule has 0 aromatic heterocycles. The molecule has 3 aromatic carbocycles. The number of para-hydroxylation sites is 1. The quantitative estimate of drug-likeness (QED) is 0.331. The third-order valence-corrected chi connectivity index (χ3v) is 7.81. The number of carboxylic acid groups (broad SMARTS) is 1. The second kappa shape index (κ2) is 12.4. The minimum absolute atomic E-state index is 0.0249. The summed E-state index contributed by atoms with van der Waals surface area (Å²) in [6.07, 6.45) is 0.410. The number of halogens is 2. The van der Waals surface area contributed by atoms with E-state index in [1.165, 1.54) is 17.0 Å². The summed E-state index contributed by atoms with van der Waals surface area (Å²) in [5.74, 6) is -0.342. The molecule has 9 nitrogen and oxygen atoms in total. The molecule has 1 fully saturated rings. The van der Waals surface area contributed by atoms with Gasteiger partial charge in [-0.3, -0.25) is 4.79 Å². The molecular formula is C31H32Cl2N2O7. The molecular weight excluding hydrogens is 583 g/mol. The van der Waals surface area contributed by atoms with Gasteiger partial charge in [-0.05, 0) is 43.7 Å². The summed E-state index contributed by atoms with van der Waals surface area (Å²) in [4.78, 5) is 29.0. The van der Waals surface area contributed by atoms with Crippen LogP contribution in [0.1, 0.15) is 46.5 Å². The molecule has 1 amide bonds. The maximum absolute atomic E-state index is 13.5. The molecule has 0 saturated carbocycles. The number of aliphatic hydroxyl groups is 1. The molecule has 2 aliphatic rings. The number of hydrogen-bond acceptors (Lipinski definition) is 7. The van der Waals surface area contributed by atoms with Crippen LogP contribution in [0.4, 0.5) is 5.69 Å². The van der Waals surface area contributed by atoms with Gasteiger partial charge in [0.05, 0.1) is 58.8 Å². The molecule has 0 aliphatic carbocycles. The summed E-state index contributed by atoms with van der Waals surface area (Å²) in [5, 5.41) is 20.0. The lowest BCUT2D eigenvalue weighted by Gasteiger charge is -2.32. The number of rotatable bonds is 8. The van der Waals surface area contributed by atoms with Crippen molar-refractivity contribution in [1.82, 2.24) is 4.90 Å². The zero-order valence-corrected chi connectivity index (χ0v) is 24.9. The number of ether oxygens (including phenoxy) is 3. The van der Waals surface area contributed by atoms with E-state index in [-0.39, 0.29) is 47.0 Å². The molecule has 2 heterocycles. The number of anilines is 1. The first-order chi connectivity index (χ1) is 20.0. The predicted molar refractivity (Wildman–Crippen MR) is 160 cm³/mol. The van der Waals surface area contributed by atoms with Crippen LogP contribution in [-0.4, -0.2) is 72.2 Å². The van der Waals surface area contributed by atoms with Gasteiger partial charge < -0.3 is 34.2 Å². The first-order valence-corrected chi connectivity index (χ1v) is 14.4. The minimum atomic E-state index is -0.991. The fourth-order valence-corrected chi connectivity index (χ4v) is 5.62. The SMILES string of the molecule is CC(C)(O)CCOc1cc(Cl)c(C(=O)N2COc3c(cccc3-c3ccc(C(=O)O)c(N4CCOCC4)c3)C2)c(Cl)c1. The number of benzene rings is 3. The summed E-state index contributed by atoms with van der Waals surface area (Å²) in [6.45, 7) is 6.15. The number of nitrogens with zero attached hydrogens (tertiary/aromatic N) is 2. The number of morpholine rings is 1. The van der Waals surface area contributed by atoms with E-state index in [2.05, 4.69) is 0 Å². The van der Waals surface area contributed by atoms with E-state index in [9.17, 15) is 19.8 Å². The number of aromatic carboxylic acids is 1. The Kier molecular flexibility index (Phi) is 8.84. The van der Waals surface area contributed by atoms with E-state index < -0.39 is 11.6 Å². The fraction of sp³-hybridized carbons (Fsp3) is 0.355. The van der Waals surface area contributed by atoms with Gasteiger partial charge >= 0.3 is 5.97 Å². The Morgan fingerprint density at radius 2 is 1.76 bits per heavy atom. The summed E-state index contributed by atoms with van der Waals surface area (Å²) in [6, 6.07) is 14.0. The third kappa shape index (κ3) is 6.60. The monoisotopic (exact) mass is 614 g/mol. The molecule has 0 unspecified atom stereocenters. The van der Waals surface area contributed by atoms with Crippen LogP contribution in [0.25, 0.3) is 11.1 Å². The first-order valence-electron chi connectivity index (χ1n) is 13.6. The third-order valence-electron chi connectivity index (χ3n) is 7.21. The van der Waals surface area contributed by atoms with Crippen molar-refractivity contribution in [1.29, 1.82) is 0 Å². The molecule has 5 rings (SSSR count). The number of carbonyl (C=O) groups excluding carboxylic acids is 1. The smallest absolute Gasteiger partial charge is 0.337 e. The topological polar surface area (TPSA) is 109 Å². The van der Waals surface area contributed by atoms with Crippen LogP contribution in [0.5, 0.6) is 11.5 Å². The van der Waals surface area contributed by atoms with Crippen molar-refractivity contribution in [2.24, 2.45) is 0 Å². The van der Waals surface area contributed by atoms with Gasteiger partial charge in [0.25, 0.3) is 5.91 Å². The Hall–Kier alpha value is -3.50. The molecule has 0 spiro atoms. The van der Waals surface area contributed by atoms with E-state index in [1.54, 1.807) is 26.0 Å². The standard InChI is InChI=1S/C31H32Cl2N2O7/c1-31(2,39)8-11-41-21-15-24(32)27(25(33)16-21)29(36)35-17-20-4-3-5-22(28(20)42-18-35)19-6-7-23(30(37)38)26(14-19)34-9-12-40-13-10-34/h3-7,14-16,39H,8-13,17-18H2,1-2H3,(H,37,38). The highest BCUT2D eigenvalue weighted by molar-refractivity contribution is 6.39. The number of fused-ring (bicyclic) bond motifs is 1. The first kappa shape index (κ1) is 30.0. The maximum Gasteiger partial charge on any atom is 0.337 e. The van der Waals surface area contributed by atoms with E-state index >= 15 is 0 Å². The Morgan fingerprint density at radius 1 is 1.05 bits per heavy atom. The maximum atomic E-state index is 13.5. The van der Waals surface area contributed by atoms with Gasteiger partial charge in [0.2, 0.25) is 0 Å². The van der Waals surface area contributed by atoms with E-state index in [1.807, 2.05) is 29.2 Å². The highest BCUT2D eigenvalue weighted by Crippen LogP contribution is 2.40. The number of hydrogen-bond donors (Lipinski definition) is 2. The van der Waals surface area contributed by atoms with Crippen LogP contribution in [-0.2, 0) is 11.3 Å². The predicted octanol–water partition coefficient (Wildman–Crippen LogP) is 5.73. The molecule has 0 atom stereocenters. The van der Waals surface area contributed by atoms with E-state index in [0.717, 1.165) is 16.7 Å². The summed E-state index contributed by atoms with van der Waals surface area (Å²) in [7, 11) is 0. The van der Waals surface area contributed by atoms with Gasteiger partial charge in [0.15, 0.2) is 6.73 Å². The van der Waals surface area contributed by atoms with E-state index in [0.29, 0.717) is 49.9 Å². The highest BCUT2D eigenvalue weighted by atomic mass is 35.5. The van der Waals surface area contributed by atoms with Crippen LogP contribution in [0.2, 0.25) is 10.0 Å². The highest BCUT2D eigenvalue weighted by Gasteiger charge is 2.29. The van der Waals surface area contributed by atoms with Crippen LogP contribution in [0.15, 0.2) is 48.5 Å². The molecule has 1 saturated heterocycles. The van der Waals surface area contributed by atoms with Crippen LogP contribution in [0, 0.1) is 0 Å². The second-order valence-electron chi connectivity index (χ2n) is 10.9. The zero-order valence-electron chi connectivity index (χ0n) is 23.4. The number of amides is 1. The van der Waals surface area contributed by atoms with Crippen molar-refractivity contribution in [2.75, 3.05) is 44.5 Å². The normalized spacial score (nSPS) is 15.2. The average molecular weight is 616 g/mol. The van der Waals surface area contributed by atoms with Crippen LogP contribution in [0.3, 0.4) is 0 Å². The van der Waals surface area contributed by atoms with Crippen molar-refractivity contribution in [3.05, 3.63) is 75.3 Å². The molecule has 3 aromatic rings. The average Bonchev–Trinajstić information content (AvgIpc) is 2.95. The largest absolute Gasteiger partial charge is 0.493 e. The Morgan fingerprint density at radius 3 is 2.43 bits per heavy atom. The Labute approximate surface area is 254 Å². The van der Waals surface area contributed by atoms with Crippen molar-refractivity contribution >= 4 is 40.8 Å². The molecule has 42 heavy (non-hydrogen) atoms. The minimum Gasteiger partial charge on any atom is -0.493 e. The second-order valence-corrected chi connectivity index (χ2v) is 11.7. The van der Waals surface area contributed by atoms with Gasteiger partial charge in [-0.15, -0.1) is 0 Å². The Balaban J connectivity index is 1.37. The van der Waals surface area contributed by atoms with Crippen molar-refractivity contribution in [3.63, 3.8) is 0 Å². The van der Waals surface area contributed by atoms with Crippen molar-refractivity contribution in [3.8, 4) is 22.6 Å². The lowest BCUT2D eigenvalue weighted by Crippen LogP contribution is -2.37. The summed E-state index contributed by atoms with van der Waals surface area (Å²) >= 11 is 13.0. The van der Waals surface area contributed by atoms with Gasteiger partial charge in [-0.2, -0.15) is 0 Å². The van der Waals surface area contributed by atoms with Crippen molar-refractivity contribution < 1.29 is 34.0 Å². The van der Waals surface area contributed by atoms with Gasteiger partial charge in [0, 0.05) is 30.6 Å². The molecule has 0 bridgehead atoms. The molecule has 2 N–H and O–H groups in total. The van der Waals surface area contributed by atoms with Gasteiger partial charge in [-0.25, -0.2) is 4.79 Å². The van der Waals surface area contributed by atoms with Gasteiger partial charge in [0.1, 0.15) is 11.5 Å². The van der Waals surface area contributed by atoms with E-state index in [4.69, 9.17) is 37.4 Å². The lowest BCUT2D eigenvalue weighted by atomic mass is 9.97. The van der Waals surface area contributed by atoms with Gasteiger partial charge in [-0.1, -0.05) is 47.5 Å². The number of carbonyl (C=O) groups is 2. The fourth-order valence-electron chi connectivity index (χ4n) is 4.99. The Bertz CT molecular complexity index is 1480. The van der Waals surface area contributed by atoms with Crippen molar-refractivity contribution in [2.45, 2.75) is 32.4 Å². The van der Waals surface area contributed by atoms with Crippen LogP contribution >= 0.6 is 23.2 Å². The number of carboxylic acids is 1. The molecule has 0 radical (unpaired) electrons. The molecule has 11 heteroatoms. The molecule has 222 valence electrons. The summed E-state index contributed by atoms with van der Waals surface area (Å²) in [5.41, 5.74) is 2.53. The summed E-state index contributed by atoms with van der Waals surface area (Å²) < 4.78 is 17.3. The zero-order chi connectivity index (χ0) is 30.0. The lowest BCUT2D eigenvalue weighted by molar-refractivity contribution is 0.0516.